The standard InChI is InChI=1S/C12H17N3O5/c1-3-12(18,4-2)7-14-10-9(11(16)17)5-8(6-13-10)15(19)20/h5-6,18H,3-4,7H2,1-2H3,(H,13,14)(H,16,17). The number of carboxylic acids is 1. The lowest BCUT2D eigenvalue weighted by atomic mass is 9.97. The molecule has 1 aromatic rings. The monoisotopic (exact) mass is 283 g/mol. The molecule has 0 radical (unpaired) electrons. The average Bonchev–Trinajstić information content (AvgIpc) is 2.44. The van der Waals surface area contributed by atoms with Gasteiger partial charge in [-0.1, -0.05) is 13.8 Å². The molecule has 0 saturated carbocycles. The minimum atomic E-state index is -1.32. The van der Waals surface area contributed by atoms with Crippen LogP contribution in [0.3, 0.4) is 0 Å². The van der Waals surface area contributed by atoms with E-state index < -0.39 is 22.2 Å². The normalized spacial score (nSPS) is 11.2. The van der Waals surface area contributed by atoms with Crippen molar-refractivity contribution in [3.05, 3.63) is 27.9 Å². The van der Waals surface area contributed by atoms with Gasteiger partial charge in [-0.3, -0.25) is 10.1 Å². The number of aromatic nitrogens is 1. The van der Waals surface area contributed by atoms with Gasteiger partial charge in [0, 0.05) is 12.6 Å². The molecular weight excluding hydrogens is 266 g/mol. The average molecular weight is 283 g/mol. The van der Waals surface area contributed by atoms with E-state index in [0.717, 1.165) is 12.3 Å². The highest BCUT2D eigenvalue weighted by Crippen LogP contribution is 2.21. The fourth-order valence-corrected chi connectivity index (χ4v) is 1.61. The first-order chi connectivity index (χ1) is 9.33. The van der Waals surface area contributed by atoms with Crippen molar-refractivity contribution in [1.82, 2.24) is 4.98 Å². The largest absolute Gasteiger partial charge is 0.478 e. The van der Waals surface area contributed by atoms with Gasteiger partial charge in [0.05, 0.1) is 10.5 Å². The van der Waals surface area contributed by atoms with Gasteiger partial charge in [-0.25, -0.2) is 9.78 Å². The fraction of sp³-hybridized carbons (Fsp3) is 0.500. The Morgan fingerprint density at radius 3 is 2.55 bits per heavy atom. The summed E-state index contributed by atoms with van der Waals surface area (Å²) in [4.78, 5) is 24.7. The molecule has 0 aliphatic carbocycles. The number of pyridine rings is 1. The van der Waals surface area contributed by atoms with E-state index in [1.807, 2.05) is 13.8 Å². The van der Waals surface area contributed by atoms with Gasteiger partial charge in [-0.05, 0) is 12.8 Å². The van der Waals surface area contributed by atoms with Crippen LogP contribution in [0.1, 0.15) is 37.0 Å². The molecule has 0 aliphatic heterocycles. The quantitative estimate of drug-likeness (QED) is 0.513. The van der Waals surface area contributed by atoms with Gasteiger partial charge in [0.1, 0.15) is 17.6 Å². The van der Waals surface area contributed by atoms with Crippen LogP contribution in [0.2, 0.25) is 0 Å². The first-order valence-corrected chi connectivity index (χ1v) is 6.17. The van der Waals surface area contributed by atoms with Gasteiger partial charge < -0.3 is 15.5 Å². The molecule has 0 fully saturated rings. The number of aliphatic hydroxyl groups is 1. The summed E-state index contributed by atoms with van der Waals surface area (Å²) in [5.74, 6) is -1.32. The number of hydrogen-bond acceptors (Lipinski definition) is 6. The number of aromatic carboxylic acids is 1. The van der Waals surface area contributed by atoms with Gasteiger partial charge in [-0.15, -0.1) is 0 Å². The molecule has 0 saturated heterocycles. The van der Waals surface area contributed by atoms with Gasteiger partial charge in [0.25, 0.3) is 5.69 Å². The van der Waals surface area contributed by atoms with Gasteiger partial charge >= 0.3 is 5.97 Å². The predicted octanol–water partition coefficient (Wildman–Crippen LogP) is 1.65. The third-order valence-electron chi connectivity index (χ3n) is 3.22. The number of carbonyl (C=O) groups is 1. The van der Waals surface area contributed by atoms with Crippen LogP contribution >= 0.6 is 0 Å². The molecule has 0 amide bonds. The highest BCUT2D eigenvalue weighted by molar-refractivity contribution is 5.93. The maximum Gasteiger partial charge on any atom is 0.339 e. The maximum atomic E-state index is 11.1. The Labute approximate surface area is 115 Å². The number of nitro groups is 1. The van der Waals surface area contributed by atoms with Crippen LogP contribution in [0.25, 0.3) is 0 Å². The van der Waals surface area contributed by atoms with Gasteiger partial charge in [0.2, 0.25) is 0 Å². The Morgan fingerprint density at radius 2 is 2.10 bits per heavy atom. The van der Waals surface area contributed by atoms with Crippen molar-refractivity contribution < 1.29 is 19.9 Å². The molecule has 8 heteroatoms. The summed E-state index contributed by atoms with van der Waals surface area (Å²) in [5, 5.41) is 32.5. The first kappa shape index (κ1) is 15.8. The second-order valence-electron chi connectivity index (χ2n) is 4.44. The number of carboxylic acid groups (broad SMARTS) is 1. The van der Waals surface area contributed by atoms with Crippen LogP contribution < -0.4 is 5.32 Å². The molecule has 20 heavy (non-hydrogen) atoms. The van der Waals surface area contributed by atoms with Gasteiger partial charge in [-0.2, -0.15) is 0 Å². The molecule has 1 heterocycles. The predicted molar refractivity (Wildman–Crippen MR) is 71.9 cm³/mol. The summed E-state index contributed by atoms with van der Waals surface area (Å²) in [5.41, 5.74) is -1.66. The van der Waals surface area contributed by atoms with E-state index in [9.17, 15) is 20.0 Å². The molecule has 1 rings (SSSR count). The Bertz CT molecular complexity index is 514. The van der Waals surface area contributed by atoms with Gasteiger partial charge in [0.15, 0.2) is 0 Å². The topological polar surface area (TPSA) is 126 Å². The summed E-state index contributed by atoms with van der Waals surface area (Å²) in [6.45, 7) is 3.74. The highest BCUT2D eigenvalue weighted by Gasteiger charge is 2.24. The first-order valence-electron chi connectivity index (χ1n) is 6.17. The van der Waals surface area contributed by atoms with Crippen LogP contribution in [-0.4, -0.2) is 38.2 Å². The summed E-state index contributed by atoms with van der Waals surface area (Å²) >= 11 is 0. The van der Waals surface area contributed by atoms with Crippen LogP contribution in [0.15, 0.2) is 12.3 Å². The maximum absolute atomic E-state index is 11.1. The van der Waals surface area contributed by atoms with Crippen LogP contribution in [-0.2, 0) is 0 Å². The summed E-state index contributed by atoms with van der Waals surface area (Å²) < 4.78 is 0. The number of nitrogens with one attached hydrogen (secondary N) is 1. The Balaban J connectivity index is 3.01. The van der Waals surface area contributed by atoms with Crippen molar-refractivity contribution in [3.8, 4) is 0 Å². The van der Waals surface area contributed by atoms with Crippen molar-refractivity contribution in [2.24, 2.45) is 0 Å². The molecule has 0 bridgehead atoms. The molecular formula is C12H17N3O5. The zero-order valence-corrected chi connectivity index (χ0v) is 11.3. The van der Waals surface area contributed by atoms with Crippen molar-refractivity contribution in [3.63, 3.8) is 0 Å². The van der Waals surface area contributed by atoms with Crippen LogP contribution in [0, 0.1) is 10.1 Å². The summed E-state index contributed by atoms with van der Waals surface area (Å²) in [7, 11) is 0. The minimum Gasteiger partial charge on any atom is -0.478 e. The molecule has 0 aliphatic rings. The van der Waals surface area contributed by atoms with E-state index in [-0.39, 0.29) is 17.9 Å². The number of rotatable bonds is 7. The number of nitrogens with zero attached hydrogens (tertiary/aromatic N) is 2. The molecule has 0 spiro atoms. The summed E-state index contributed by atoms with van der Waals surface area (Å²) in [6, 6.07) is 0.939. The van der Waals surface area contributed by atoms with Crippen molar-refractivity contribution in [1.29, 1.82) is 0 Å². The zero-order valence-electron chi connectivity index (χ0n) is 11.3. The lowest BCUT2D eigenvalue weighted by Crippen LogP contribution is -2.36. The molecule has 110 valence electrons. The third-order valence-corrected chi connectivity index (χ3v) is 3.22. The molecule has 3 N–H and O–H groups in total. The van der Waals surface area contributed by atoms with E-state index >= 15 is 0 Å². The summed E-state index contributed by atoms with van der Waals surface area (Å²) in [6.07, 6.45) is 1.96. The van der Waals surface area contributed by atoms with Crippen LogP contribution in [0.4, 0.5) is 11.5 Å². The second kappa shape index (κ2) is 6.29. The van der Waals surface area contributed by atoms with Crippen LogP contribution in [0.5, 0.6) is 0 Å². The van der Waals surface area contributed by atoms with E-state index in [4.69, 9.17) is 5.11 Å². The third kappa shape index (κ3) is 3.64. The Hall–Kier alpha value is -2.22. The van der Waals surface area contributed by atoms with E-state index in [1.54, 1.807) is 0 Å². The van der Waals surface area contributed by atoms with E-state index in [0.29, 0.717) is 12.8 Å². The minimum absolute atomic E-state index is 0.00317. The van der Waals surface area contributed by atoms with E-state index in [2.05, 4.69) is 10.3 Å². The van der Waals surface area contributed by atoms with E-state index in [1.165, 1.54) is 0 Å². The van der Waals surface area contributed by atoms with Crippen molar-refractivity contribution in [2.45, 2.75) is 32.3 Å². The van der Waals surface area contributed by atoms with Crippen molar-refractivity contribution >= 4 is 17.5 Å². The molecule has 0 aromatic carbocycles. The lowest BCUT2D eigenvalue weighted by Gasteiger charge is -2.25. The fourth-order valence-electron chi connectivity index (χ4n) is 1.61. The Morgan fingerprint density at radius 1 is 1.50 bits per heavy atom. The molecule has 1 aromatic heterocycles. The van der Waals surface area contributed by atoms with Crippen molar-refractivity contribution in [2.75, 3.05) is 11.9 Å². The number of hydrogen-bond donors (Lipinski definition) is 3. The molecule has 0 atom stereocenters. The molecule has 8 nitrogen and oxygen atoms in total. The lowest BCUT2D eigenvalue weighted by molar-refractivity contribution is -0.385. The second-order valence-corrected chi connectivity index (χ2v) is 4.44. The Kier molecular flexibility index (Phi) is 4.98. The highest BCUT2D eigenvalue weighted by atomic mass is 16.6. The number of anilines is 1. The zero-order chi connectivity index (χ0) is 15.3. The molecule has 0 unspecified atom stereocenters. The smallest absolute Gasteiger partial charge is 0.339 e. The SMILES string of the molecule is CCC(O)(CC)CNc1ncc([N+](=O)[O-])cc1C(=O)O.